The summed E-state index contributed by atoms with van der Waals surface area (Å²) in [6.45, 7) is 6.33. The van der Waals surface area contributed by atoms with Crippen LogP contribution in [0.3, 0.4) is 0 Å². The molecule has 0 aliphatic heterocycles. The number of thiophene rings is 1. The smallest absolute Gasteiger partial charge is 0.325 e. The summed E-state index contributed by atoms with van der Waals surface area (Å²) in [6, 6.07) is 6.96. The maximum Gasteiger partial charge on any atom is 0.418 e. The molecule has 31 heavy (non-hydrogen) atoms. The van der Waals surface area contributed by atoms with Crippen molar-refractivity contribution in [3.05, 3.63) is 58.8 Å². The number of halogens is 3. The normalized spacial score (nSPS) is 11.5. The largest absolute Gasteiger partial charge is 0.418 e. The third kappa shape index (κ3) is 5.76. The monoisotopic (exact) mass is 466 g/mol. The Kier molecular flexibility index (Phi) is 7.55. The quantitative estimate of drug-likeness (QED) is 0.315. The van der Waals surface area contributed by atoms with E-state index < -0.39 is 17.6 Å². The van der Waals surface area contributed by atoms with Gasteiger partial charge in [-0.3, -0.25) is 9.36 Å². The molecule has 3 rings (SSSR count). The molecule has 1 amide bonds. The van der Waals surface area contributed by atoms with Gasteiger partial charge in [0.25, 0.3) is 0 Å². The Hall–Kier alpha value is -2.59. The number of aryl methyl sites for hydroxylation is 1. The molecule has 2 aromatic heterocycles. The van der Waals surface area contributed by atoms with Crippen molar-refractivity contribution >= 4 is 34.7 Å². The lowest BCUT2D eigenvalue weighted by Gasteiger charge is -2.13. The van der Waals surface area contributed by atoms with Crippen LogP contribution in [0.5, 0.6) is 0 Å². The van der Waals surface area contributed by atoms with Crippen LogP contribution in [0.4, 0.5) is 18.9 Å². The van der Waals surface area contributed by atoms with Gasteiger partial charge in [0.1, 0.15) is 0 Å². The number of nitrogens with one attached hydrogen (secondary N) is 1. The first-order chi connectivity index (χ1) is 14.8. The van der Waals surface area contributed by atoms with Gasteiger partial charge in [0.05, 0.1) is 17.0 Å². The molecule has 0 fully saturated rings. The number of amides is 1. The second-order valence-corrected chi connectivity index (χ2v) is 8.58. The molecule has 0 spiro atoms. The summed E-state index contributed by atoms with van der Waals surface area (Å²) < 4.78 is 41.2. The first kappa shape index (κ1) is 23.1. The predicted octanol–water partition coefficient (Wildman–Crippen LogP) is 5.89. The van der Waals surface area contributed by atoms with E-state index in [-0.39, 0.29) is 11.4 Å². The Morgan fingerprint density at radius 3 is 2.81 bits per heavy atom. The number of rotatable bonds is 9. The van der Waals surface area contributed by atoms with Crippen molar-refractivity contribution < 1.29 is 18.0 Å². The van der Waals surface area contributed by atoms with Crippen molar-refractivity contribution in [2.45, 2.75) is 37.6 Å². The molecule has 0 unspecified atom stereocenters. The number of nitrogens with zero attached hydrogens (tertiary/aromatic N) is 3. The zero-order valence-corrected chi connectivity index (χ0v) is 18.4. The van der Waals surface area contributed by atoms with Crippen LogP contribution in [0.1, 0.15) is 23.8 Å². The fraction of sp³-hybridized carbons (Fsp3) is 0.286. The van der Waals surface area contributed by atoms with E-state index in [1.165, 1.54) is 23.1 Å². The molecule has 10 heteroatoms. The standard InChI is InChI=1S/C21H21F3N4OS2/c1-3-7-15-11-14(12-30-15)19-26-27-20(28(19)10-4-2)31-13-18(29)25-17-9-6-5-8-16(17)21(22,23)24/h4-6,8-9,11-12H,2-3,7,10,13H2,1H3,(H,25,29). The van der Waals surface area contributed by atoms with Gasteiger partial charge in [0, 0.05) is 22.4 Å². The number of carbonyl (C=O) groups excluding carboxylic acids is 1. The van der Waals surface area contributed by atoms with Gasteiger partial charge in [0.15, 0.2) is 11.0 Å². The van der Waals surface area contributed by atoms with Crippen LogP contribution in [0.15, 0.2) is 53.5 Å². The first-order valence-electron chi connectivity index (χ1n) is 9.54. The summed E-state index contributed by atoms with van der Waals surface area (Å²) in [5.41, 5.74) is -0.209. The molecule has 2 heterocycles. The molecule has 1 N–H and O–H groups in total. The highest BCUT2D eigenvalue weighted by molar-refractivity contribution is 7.99. The van der Waals surface area contributed by atoms with Crippen molar-refractivity contribution in [1.29, 1.82) is 0 Å². The van der Waals surface area contributed by atoms with E-state index in [1.807, 2.05) is 9.95 Å². The fourth-order valence-corrected chi connectivity index (χ4v) is 4.65. The van der Waals surface area contributed by atoms with Gasteiger partial charge in [-0.2, -0.15) is 13.2 Å². The van der Waals surface area contributed by atoms with E-state index in [1.54, 1.807) is 17.4 Å². The molecule has 164 valence electrons. The van der Waals surface area contributed by atoms with Crippen LogP contribution in [-0.4, -0.2) is 26.4 Å². The Labute approximate surface area is 186 Å². The minimum Gasteiger partial charge on any atom is -0.325 e. The molecule has 0 radical (unpaired) electrons. The van der Waals surface area contributed by atoms with Gasteiger partial charge in [-0.25, -0.2) is 0 Å². The van der Waals surface area contributed by atoms with Gasteiger partial charge >= 0.3 is 6.18 Å². The second kappa shape index (κ2) is 10.1. The molecular formula is C21H21F3N4OS2. The Bertz CT molecular complexity index is 1060. The van der Waals surface area contributed by atoms with Crippen molar-refractivity contribution in [2.24, 2.45) is 0 Å². The maximum absolute atomic E-state index is 13.1. The van der Waals surface area contributed by atoms with Crippen molar-refractivity contribution in [1.82, 2.24) is 14.8 Å². The van der Waals surface area contributed by atoms with E-state index >= 15 is 0 Å². The number of thioether (sulfide) groups is 1. The van der Waals surface area contributed by atoms with Gasteiger partial charge < -0.3 is 5.32 Å². The van der Waals surface area contributed by atoms with Gasteiger partial charge in [0.2, 0.25) is 5.91 Å². The summed E-state index contributed by atoms with van der Waals surface area (Å²) in [5.74, 6) is 0.00706. The number of anilines is 1. The first-order valence-corrected chi connectivity index (χ1v) is 11.4. The van der Waals surface area contributed by atoms with Crippen molar-refractivity contribution in [2.75, 3.05) is 11.1 Å². The minimum atomic E-state index is -4.55. The number of hydrogen-bond acceptors (Lipinski definition) is 5. The van der Waals surface area contributed by atoms with E-state index in [0.29, 0.717) is 17.5 Å². The van der Waals surface area contributed by atoms with Crippen LogP contribution in [0.25, 0.3) is 11.4 Å². The number of benzene rings is 1. The number of carbonyl (C=O) groups is 1. The number of aromatic nitrogens is 3. The van der Waals surface area contributed by atoms with Gasteiger partial charge in [-0.05, 0) is 24.6 Å². The lowest BCUT2D eigenvalue weighted by molar-refractivity contribution is -0.137. The zero-order valence-electron chi connectivity index (χ0n) is 16.8. The van der Waals surface area contributed by atoms with Crippen LogP contribution in [-0.2, 0) is 23.9 Å². The molecule has 3 aromatic rings. The Morgan fingerprint density at radius 2 is 2.10 bits per heavy atom. The van der Waals surface area contributed by atoms with Crippen molar-refractivity contribution in [3.8, 4) is 11.4 Å². The number of alkyl halides is 3. The minimum absolute atomic E-state index is 0.105. The summed E-state index contributed by atoms with van der Waals surface area (Å²) >= 11 is 2.77. The van der Waals surface area contributed by atoms with Crippen LogP contribution in [0.2, 0.25) is 0 Å². The molecule has 0 atom stereocenters. The Morgan fingerprint density at radius 1 is 1.32 bits per heavy atom. The summed E-state index contributed by atoms with van der Waals surface area (Å²) in [6.07, 6.45) is -0.808. The maximum atomic E-state index is 13.1. The molecule has 0 aliphatic rings. The molecule has 0 aliphatic carbocycles. The van der Waals surface area contributed by atoms with E-state index in [4.69, 9.17) is 0 Å². The lowest BCUT2D eigenvalue weighted by atomic mass is 10.1. The molecule has 0 saturated carbocycles. The summed E-state index contributed by atoms with van der Waals surface area (Å²) in [5, 5.41) is 13.3. The number of para-hydroxylation sites is 1. The summed E-state index contributed by atoms with van der Waals surface area (Å²) in [7, 11) is 0. The Balaban J connectivity index is 1.72. The molecule has 0 saturated heterocycles. The van der Waals surface area contributed by atoms with E-state index in [2.05, 4.69) is 35.1 Å². The van der Waals surface area contributed by atoms with Crippen molar-refractivity contribution in [3.63, 3.8) is 0 Å². The highest BCUT2D eigenvalue weighted by Gasteiger charge is 2.33. The van der Waals surface area contributed by atoms with E-state index in [9.17, 15) is 18.0 Å². The molecule has 5 nitrogen and oxygen atoms in total. The molecular weight excluding hydrogens is 445 g/mol. The SMILES string of the molecule is C=CCn1c(SCC(=O)Nc2ccccc2C(F)(F)F)nnc1-c1csc(CCC)c1. The second-order valence-electron chi connectivity index (χ2n) is 6.64. The average Bonchev–Trinajstić information content (AvgIpc) is 3.33. The lowest BCUT2D eigenvalue weighted by Crippen LogP contribution is -2.18. The highest BCUT2D eigenvalue weighted by Crippen LogP contribution is 2.35. The van der Waals surface area contributed by atoms with Crippen LogP contribution >= 0.6 is 23.1 Å². The average molecular weight is 467 g/mol. The van der Waals surface area contributed by atoms with Gasteiger partial charge in [-0.1, -0.05) is 43.3 Å². The van der Waals surface area contributed by atoms with E-state index in [0.717, 1.165) is 36.2 Å². The zero-order chi connectivity index (χ0) is 22.4. The van der Waals surface area contributed by atoms with Crippen LogP contribution < -0.4 is 5.32 Å². The van der Waals surface area contributed by atoms with Crippen LogP contribution in [0, 0.1) is 0 Å². The predicted molar refractivity (Wildman–Crippen MR) is 118 cm³/mol. The number of hydrogen-bond donors (Lipinski definition) is 1. The van der Waals surface area contributed by atoms with Gasteiger partial charge in [-0.15, -0.1) is 28.1 Å². The topological polar surface area (TPSA) is 59.8 Å². The third-order valence-electron chi connectivity index (χ3n) is 4.28. The third-order valence-corrected chi connectivity index (χ3v) is 6.24. The molecule has 1 aromatic carbocycles. The summed E-state index contributed by atoms with van der Waals surface area (Å²) in [4.78, 5) is 13.6. The fourth-order valence-electron chi connectivity index (χ4n) is 2.93. The molecule has 0 bridgehead atoms. The number of allylic oxidation sites excluding steroid dienone is 1. The highest BCUT2D eigenvalue weighted by atomic mass is 32.2.